The van der Waals surface area contributed by atoms with Crippen LogP contribution in [0.4, 0.5) is 11.4 Å². The Morgan fingerprint density at radius 3 is 2.25 bits per heavy atom. The van der Waals surface area contributed by atoms with E-state index in [0.29, 0.717) is 16.9 Å². The van der Waals surface area contributed by atoms with Gasteiger partial charge < -0.3 is 5.32 Å². The first-order valence-corrected chi connectivity index (χ1v) is 11.7. The molecule has 0 heterocycles. The van der Waals surface area contributed by atoms with E-state index in [9.17, 15) is 13.2 Å². The molecule has 0 unspecified atom stereocenters. The average Bonchev–Trinajstić information content (AvgIpc) is 2.75. The lowest BCUT2D eigenvalue weighted by Crippen LogP contribution is -2.17. The zero-order valence-electron chi connectivity index (χ0n) is 18.1. The van der Waals surface area contributed by atoms with Crippen molar-refractivity contribution in [3.8, 4) is 0 Å². The van der Waals surface area contributed by atoms with Gasteiger partial charge in [-0.1, -0.05) is 54.1 Å². The Bertz CT molecular complexity index is 1440. The summed E-state index contributed by atoms with van der Waals surface area (Å²) in [7, 11) is -3.87. The van der Waals surface area contributed by atoms with Crippen LogP contribution in [0.2, 0.25) is 0 Å². The number of amides is 1. The lowest BCUT2D eigenvalue weighted by atomic mass is 10.1. The second-order valence-electron chi connectivity index (χ2n) is 7.92. The molecule has 4 rings (SSSR count). The number of fused-ring (bicyclic) bond motifs is 1. The van der Waals surface area contributed by atoms with Gasteiger partial charge in [0, 0.05) is 11.3 Å². The first-order chi connectivity index (χ1) is 15.2. The van der Waals surface area contributed by atoms with Crippen LogP contribution in [0.3, 0.4) is 0 Å². The summed E-state index contributed by atoms with van der Waals surface area (Å²) in [6.07, 6.45) is 0. The molecular formula is C26H24N2O3S. The van der Waals surface area contributed by atoms with Crippen molar-refractivity contribution < 1.29 is 13.2 Å². The molecule has 0 radical (unpaired) electrons. The van der Waals surface area contributed by atoms with Gasteiger partial charge in [0.1, 0.15) is 0 Å². The highest BCUT2D eigenvalue weighted by Crippen LogP contribution is 2.25. The number of carbonyl (C=O) groups excluding carboxylic acids is 1. The van der Waals surface area contributed by atoms with E-state index in [1.165, 1.54) is 6.07 Å². The Morgan fingerprint density at radius 2 is 1.50 bits per heavy atom. The molecule has 0 aliphatic rings. The van der Waals surface area contributed by atoms with E-state index in [-0.39, 0.29) is 16.4 Å². The highest BCUT2D eigenvalue weighted by atomic mass is 32.2. The lowest BCUT2D eigenvalue weighted by molar-refractivity contribution is 0.102. The lowest BCUT2D eigenvalue weighted by Gasteiger charge is -2.14. The fraction of sp³-hybridized carbons (Fsp3) is 0.115. The number of rotatable bonds is 5. The highest BCUT2D eigenvalue weighted by Gasteiger charge is 2.20. The highest BCUT2D eigenvalue weighted by molar-refractivity contribution is 7.92. The van der Waals surface area contributed by atoms with Crippen LogP contribution in [0.5, 0.6) is 0 Å². The van der Waals surface area contributed by atoms with E-state index in [1.807, 2.05) is 68.4 Å². The van der Waals surface area contributed by atoms with Crippen LogP contribution < -0.4 is 10.0 Å². The summed E-state index contributed by atoms with van der Waals surface area (Å²) in [5, 5.41) is 4.94. The smallest absolute Gasteiger partial charge is 0.262 e. The van der Waals surface area contributed by atoms with E-state index in [2.05, 4.69) is 10.0 Å². The summed E-state index contributed by atoms with van der Waals surface area (Å²) in [4.78, 5) is 12.9. The van der Waals surface area contributed by atoms with Gasteiger partial charge in [0.05, 0.1) is 10.6 Å². The van der Waals surface area contributed by atoms with Crippen LogP contribution in [0, 0.1) is 20.8 Å². The molecule has 6 heteroatoms. The van der Waals surface area contributed by atoms with E-state index in [1.54, 1.807) is 25.1 Å². The van der Waals surface area contributed by atoms with Gasteiger partial charge in [0.2, 0.25) is 0 Å². The third-order valence-electron chi connectivity index (χ3n) is 5.37. The molecule has 2 N–H and O–H groups in total. The van der Waals surface area contributed by atoms with Crippen molar-refractivity contribution in [3.05, 3.63) is 101 Å². The average molecular weight is 445 g/mol. The molecule has 0 aliphatic heterocycles. The Morgan fingerprint density at radius 1 is 0.750 bits per heavy atom. The van der Waals surface area contributed by atoms with Crippen LogP contribution in [0.15, 0.2) is 83.8 Å². The fourth-order valence-electron chi connectivity index (χ4n) is 3.63. The Labute approximate surface area is 188 Å². The van der Waals surface area contributed by atoms with Gasteiger partial charge in [-0.2, -0.15) is 0 Å². The monoisotopic (exact) mass is 444 g/mol. The summed E-state index contributed by atoms with van der Waals surface area (Å²) >= 11 is 0. The molecule has 0 saturated heterocycles. The zero-order valence-corrected chi connectivity index (χ0v) is 19.0. The SMILES string of the molecule is Cc1ccc(NS(=O)(=O)c2cc(C(=O)Nc3ccc4ccccc4c3)ccc2C)c(C)c1. The first-order valence-electron chi connectivity index (χ1n) is 10.2. The topological polar surface area (TPSA) is 75.3 Å². The molecule has 0 aliphatic carbocycles. The van der Waals surface area contributed by atoms with Crippen molar-refractivity contribution in [2.45, 2.75) is 25.7 Å². The Hall–Kier alpha value is -3.64. The minimum absolute atomic E-state index is 0.0728. The number of aryl methyl sites for hydroxylation is 3. The quantitative estimate of drug-likeness (QED) is 0.407. The van der Waals surface area contributed by atoms with Crippen molar-refractivity contribution in [1.82, 2.24) is 0 Å². The molecule has 5 nitrogen and oxygen atoms in total. The van der Waals surface area contributed by atoms with Crippen LogP contribution in [-0.4, -0.2) is 14.3 Å². The van der Waals surface area contributed by atoms with Crippen LogP contribution in [-0.2, 0) is 10.0 Å². The molecular weight excluding hydrogens is 420 g/mol. The normalized spacial score (nSPS) is 11.3. The van der Waals surface area contributed by atoms with Crippen LogP contribution in [0.1, 0.15) is 27.0 Å². The van der Waals surface area contributed by atoms with Gasteiger partial charge >= 0.3 is 0 Å². The zero-order chi connectivity index (χ0) is 22.9. The molecule has 0 atom stereocenters. The molecule has 32 heavy (non-hydrogen) atoms. The van der Waals surface area contributed by atoms with Gasteiger partial charge in [0.25, 0.3) is 15.9 Å². The second-order valence-corrected chi connectivity index (χ2v) is 9.57. The number of hydrogen-bond acceptors (Lipinski definition) is 3. The maximum absolute atomic E-state index is 13.1. The molecule has 4 aromatic carbocycles. The van der Waals surface area contributed by atoms with Crippen molar-refractivity contribution >= 4 is 38.1 Å². The minimum Gasteiger partial charge on any atom is -0.322 e. The summed E-state index contributed by atoms with van der Waals surface area (Å²) in [5.74, 6) is -0.372. The van der Waals surface area contributed by atoms with Gasteiger partial charge in [-0.05, 0) is 73.0 Å². The number of nitrogens with one attached hydrogen (secondary N) is 2. The number of hydrogen-bond donors (Lipinski definition) is 2. The molecule has 0 saturated carbocycles. The molecule has 0 spiro atoms. The first kappa shape index (κ1) is 21.6. The van der Waals surface area contributed by atoms with E-state index < -0.39 is 10.0 Å². The van der Waals surface area contributed by atoms with Gasteiger partial charge in [-0.3, -0.25) is 9.52 Å². The predicted molar refractivity (Wildman–Crippen MR) is 130 cm³/mol. The van der Waals surface area contributed by atoms with E-state index >= 15 is 0 Å². The largest absolute Gasteiger partial charge is 0.322 e. The third kappa shape index (κ3) is 4.50. The van der Waals surface area contributed by atoms with Gasteiger partial charge in [0.15, 0.2) is 0 Å². The predicted octanol–water partition coefficient (Wildman–Crippen LogP) is 5.82. The maximum Gasteiger partial charge on any atom is 0.262 e. The molecule has 0 fully saturated rings. The fourth-order valence-corrected chi connectivity index (χ4v) is 5.03. The molecule has 0 bridgehead atoms. The molecule has 4 aromatic rings. The molecule has 0 aromatic heterocycles. The van der Waals surface area contributed by atoms with Crippen LogP contribution in [0.25, 0.3) is 10.8 Å². The second kappa shape index (κ2) is 8.48. The number of carbonyl (C=O) groups is 1. The number of anilines is 2. The number of benzene rings is 4. The van der Waals surface area contributed by atoms with Crippen molar-refractivity contribution in [2.24, 2.45) is 0 Å². The van der Waals surface area contributed by atoms with Gasteiger partial charge in [-0.25, -0.2) is 8.42 Å². The standard InChI is InChI=1S/C26H24N2O3S/c1-17-8-13-24(19(3)14-17)28-32(30,31)25-16-22(10-9-18(25)2)26(29)27-23-12-11-20-6-4-5-7-21(20)15-23/h4-16,28H,1-3H3,(H,27,29). The van der Waals surface area contributed by atoms with E-state index in [4.69, 9.17) is 0 Å². The summed E-state index contributed by atoms with van der Waals surface area (Å²) in [5.41, 5.74) is 3.87. The summed E-state index contributed by atoms with van der Waals surface area (Å²) in [6, 6.07) is 23.7. The minimum atomic E-state index is -3.87. The summed E-state index contributed by atoms with van der Waals surface area (Å²) in [6.45, 7) is 5.51. The van der Waals surface area contributed by atoms with Crippen LogP contribution >= 0.6 is 0 Å². The maximum atomic E-state index is 13.1. The third-order valence-corrected chi connectivity index (χ3v) is 6.88. The Kier molecular flexibility index (Phi) is 5.72. The van der Waals surface area contributed by atoms with Crippen molar-refractivity contribution in [1.29, 1.82) is 0 Å². The summed E-state index contributed by atoms with van der Waals surface area (Å²) < 4.78 is 28.8. The number of sulfonamides is 1. The molecule has 162 valence electrons. The van der Waals surface area contributed by atoms with E-state index in [0.717, 1.165) is 21.9 Å². The Balaban J connectivity index is 1.61. The van der Waals surface area contributed by atoms with Crippen molar-refractivity contribution in [2.75, 3.05) is 10.0 Å². The molecule has 1 amide bonds. The van der Waals surface area contributed by atoms with Gasteiger partial charge in [-0.15, -0.1) is 0 Å². The van der Waals surface area contributed by atoms with Crippen molar-refractivity contribution in [3.63, 3.8) is 0 Å².